The Hall–Kier alpha value is -1.82. The molecule has 0 spiro atoms. The van der Waals surface area contributed by atoms with Crippen LogP contribution in [0.2, 0.25) is 0 Å². The Morgan fingerprint density at radius 1 is 1.30 bits per heavy atom. The summed E-state index contributed by atoms with van der Waals surface area (Å²) in [5, 5.41) is 21.2. The van der Waals surface area contributed by atoms with Crippen molar-refractivity contribution in [1.82, 2.24) is 4.90 Å². The molecular formula is C8H13N3O8S. The molecule has 0 radical (unpaired) electrons. The number of rotatable bonds is 7. The first-order valence-electron chi connectivity index (χ1n) is 5.50. The molecule has 0 aromatic carbocycles. The second-order valence-corrected chi connectivity index (χ2v) is 6.02. The molecule has 0 saturated carbocycles. The molecule has 11 nitrogen and oxygen atoms in total. The molecule has 1 aliphatic heterocycles. The summed E-state index contributed by atoms with van der Waals surface area (Å²) < 4.78 is 25.7. The van der Waals surface area contributed by atoms with Gasteiger partial charge in [-0.3, -0.25) is 29.2 Å². The quantitative estimate of drug-likeness (QED) is 0.188. The SMILES string of the molecule is CS(=O)(=O)OCCCC(=O)N1CC([N+](=O)[O-])([N+](=O)[O-])C1. The summed E-state index contributed by atoms with van der Waals surface area (Å²) >= 11 is 0. The average molecular weight is 311 g/mol. The Bertz CT molecular complexity index is 508. The fraction of sp³-hybridized carbons (Fsp3) is 0.875. The number of carbonyl (C=O) groups is 1. The zero-order valence-electron chi connectivity index (χ0n) is 10.6. The lowest BCUT2D eigenvalue weighted by Gasteiger charge is -2.36. The average Bonchev–Trinajstić information content (AvgIpc) is 2.20. The highest BCUT2D eigenvalue weighted by Crippen LogP contribution is 2.25. The van der Waals surface area contributed by atoms with E-state index in [4.69, 9.17) is 0 Å². The van der Waals surface area contributed by atoms with Gasteiger partial charge in [0, 0.05) is 6.42 Å². The molecule has 20 heavy (non-hydrogen) atoms. The van der Waals surface area contributed by atoms with E-state index in [0.29, 0.717) is 0 Å². The number of hydrogen-bond acceptors (Lipinski definition) is 8. The van der Waals surface area contributed by atoms with Crippen molar-refractivity contribution in [1.29, 1.82) is 0 Å². The van der Waals surface area contributed by atoms with Gasteiger partial charge < -0.3 is 4.90 Å². The number of hydrogen-bond donors (Lipinski definition) is 0. The van der Waals surface area contributed by atoms with Crippen LogP contribution < -0.4 is 0 Å². The standard InChI is InChI=1S/C8H13N3O8S/c1-20(17,18)19-4-2-3-7(12)9-5-8(6-9,10(13)14)11(15)16/h2-6H2,1H3. The number of carbonyl (C=O) groups excluding carboxylic acids is 1. The number of nitrogens with zero attached hydrogens (tertiary/aromatic N) is 3. The van der Waals surface area contributed by atoms with E-state index in [-0.39, 0.29) is 19.4 Å². The number of nitro groups is 2. The molecule has 1 heterocycles. The first-order valence-corrected chi connectivity index (χ1v) is 7.31. The third-order valence-electron chi connectivity index (χ3n) is 2.75. The summed E-state index contributed by atoms with van der Waals surface area (Å²) in [5.74, 6) is -0.513. The monoisotopic (exact) mass is 311 g/mol. The van der Waals surface area contributed by atoms with Crippen LogP contribution in [0.3, 0.4) is 0 Å². The van der Waals surface area contributed by atoms with E-state index in [1.54, 1.807) is 0 Å². The Labute approximate surface area is 113 Å². The molecule has 12 heteroatoms. The van der Waals surface area contributed by atoms with Gasteiger partial charge >= 0.3 is 5.66 Å². The molecule has 0 atom stereocenters. The molecule has 1 aliphatic rings. The zero-order valence-corrected chi connectivity index (χ0v) is 11.4. The van der Waals surface area contributed by atoms with Crippen molar-refractivity contribution in [3.63, 3.8) is 0 Å². The van der Waals surface area contributed by atoms with Crippen molar-refractivity contribution >= 4 is 16.0 Å². The summed E-state index contributed by atoms with van der Waals surface area (Å²) in [6.45, 7) is -1.36. The molecule has 1 rings (SSSR count). The molecule has 0 aliphatic carbocycles. The lowest BCUT2D eigenvalue weighted by atomic mass is 10.0. The second kappa shape index (κ2) is 5.66. The van der Waals surface area contributed by atoms with E-state index in [1.165, 1.54) is 0 Å². The van der Waals surface area contributed by atoms with Crippen molar-refractivity contribution in [2.45, 2.75) is 18.5 Å². The van der Waals surface area contributed by atoms with Crippen LogP contribution in [-0.2, 0) is 19.1 Å². The molecule has 0 aromatic heterocycles. The van der Waals surface area contributed by atoms with Crippen LogP contribution in [0, 0.1) is 20.2 Å². The van der Waals surface area contributed by atoms with Crippen molar-refractivity contribution in [2.75, 3.05) is 26.0 Å². The van der Waals surface area contributed by atoms with Gasteiger partial charge in [-0.2, -0.15) is 8.42 Å². The fourth-order valence-electron chi connectivity index (χ4n) is 1.63. The van der Waals surface area contributed by atoms with Crippen LogP contribution in [0.15, 0.2) is 0 Å². The van der Waals surface area contributed by atoms with Crippen molar-refractivity contribution in [3.8, 4) is 0 Å². The number of likely N-dealkylation sites (tertiary alicyclic amines) is 1. The minimum atomic E-state index is -3.58. The number of amides is 1. The third kappa shape index (κ3) is 3.60. The predicted octanol–water partition coefficient (Wildman–Crippen LogP) is -1.17. The van der Waals surface area contributed by atoms with Crippen LogP contribution >= 0.6 is 0 Å². The van der Waals surface area contributed by atoms with E-state index in [1.807, 2.05) is 0 Å². The lowest BCUT2D eigenvalue weighted by molar-refractivity contribution is -0.809. The maximum absolute atomic E-state index is 11.6. The molecule has 0 bridgehead atoms. The van der Waals surface area contributed by atoms with E-state index in [0.717, 1.165) is 11.2 Å². The summed E-state index contributed by atoms with van der Waals surface area (Å²) in [6, 6.07) is 0. The summed E-state index contributed by atoms with van der Waals surface area (Å²) in [6.07, 6.45) is 0.875. The first-order chi connectivity index (χ1) is 9.08. The molecule has 0 unspecified atom stereocenters. The first kappa shape index (κ1) is 16.2. The third-order valence-corrected chi connectivity index (χ3v) is 3.35. The van der Waals surface area contributed by atoms with Gasteiger partial charge in [-0.15, -0.1) is 0 Å². The minimum absolute atomic E-state index is 0.0962. The summed E-state index contributed by atoms with van der Waals surface area (Å²) in [7, 11) is -3.58. The predicted molar refractivity (Wildman–Crippen MR) is 63.3 cm³/mol. The van der Waals surface area contributed by atoms with Gasteiger partial charge in [0.1, 0.15) is 9.85 Å². The van der Waals surface area contributed by atoms with Crippen molar-refractivity contribution in [3.05, 3.63) is 20.2 Å². The highest BCUT2D eigenvalue weighted by molar-refractivity contribution is 7.85. The smallest absolute Gasteiger partial charge is 0.314 e. The Balaban J connectivity index is 2.38. The van der Waals surface area contributed by atoms with E-state index in [2.05, 4.69) is 4.18 Å². The van der Waals surface area contributed by atoms with E-state index >= 15 is 0 Å². The van der Waals surface area contributed by atoms with Crippen LogP contribution in [0.25, 0.3) is 0 Å². The fourth-order valence-corrected chi connectivity index (χ4v) is 2.05. The normalized spacial score (nSPS) is 17.4. The zero-order chi connectivity index (χ0) is 15.6. The summed E-state index contributed by atoms with van der Waals surface area (Å²) in [5.41, 5.74) is -2.32. The van der Waals surface area contributed by atoms with Gasteiger partial charge in [0.25, 0.3) is 10.1 Å². The van der Waals surface area contributed by atoms with Crippen molar-refractivity contribution < 1.29 is 27.2 Å². The van der Waals surface area contributed by atoms with Crippen LogP contribution in [0.1, 0.15) is 12.8 Å². The summed E-state index contributed by atoms with van der Waals surface area (Å²) in [4.78, 5) is 31.8. The molecule has 1 fully saturated rings. The maximum atomic E-state index is 11.6. The maximum Gasteiger partial charge on any atom is 0.492 e. The highest BCUT2D eigenvalue weighted by Gasteiger charge is 2.67. The lowest BCUT2D eigenvalue weighted by Crippen LogP contribution is -2.71. The topological polar surface area (TPSA) is 150 Å². The Kier molecular flexibility index (Phi) is 4.60. The largest absolute Gasteiger partial charge is 0.492 e. The highest BCUT2D eigenvalue weighted by atomic mass is 32.2. The molecule has 0 N–H and O–H groups in total. The van der Waals surface area contributed by atoms with Crippen LogP contribution in [-0.4, -0.2) is 60.7 Å². The second-order valence-electron chi connectivity index (χ2n) is 4.38. The van der Waals surface area contributed by atoms with Gasteiger partial charge in [0.05, 0.1) is 12.9 Å². The van der Waals surface area contributed by atoms with Gasteiger partial charge in [-0.1, -0.05) is 0 Å². The van der Waals surface area contributed by atoms with Crippen LogP contribution in [0.4, 0.5) is 0 Å². The van der Waals surface area contributed by atoms with E-state index < -0.39 is 44.6 Å². The van der Waals surface area contributed by atoms with Gasteiger partial charge in [0.15, 0.2) is 13.1 Å². The van der Waals surface area contributed by atoms with Gasteiger partial charge in [-0.25, -0.2) is 0 Å². The molecular weight excluding hydrogens is 298 g/mol. The van der Waals surface area contributed by atoms with Crippen molar-refractivity contribution in [2.24, 2.45) is 0 Å². The minimum Gasteiger partial charge on any atom is -0.314 e. The molecule has 1 amide bonds. The molecule has 0 aromatic rings. The Morgan fingerprint density at radius 3 is 2.20 bits per heavy atom. The van der Waals surface area contributed by atoms with Gasteiger partial charge in [0.2, 0.25) is 5.91 Å². The van der Waals surface area contributed by atoms with E-state index in [9.17, 15) is 33.4 Å². The molecule has 114 valence electrons. The van der Waals surface area contributed by atoms with Crippen LogP contribution in [0.5, 0.6) is 0 Å². The van der Waals surface area contributed by atoms with Gasteiger partial charge in [-0.05, 0) is 6.42 Å². The Morgan fingerprint density at radius 2 is 1.80 bits per heavy atom. The molecule has 1 saturated heterocycles.